The van der Waals surface area contributed by atoms with Crippen molar-refractivity contribution in [3.8, 4) is 5.75 Å². The average molecular weight is 513 g/mol. The van der Waals surface area contributed by atoms with Crippen molar-refractivity contribution in [1.29, 1.82) is 0 Å². The molecule has 2 unspecified atom stereocenters. The standard InChI is InChI=1S/C28H36N2O7/c1-28-12-10-21(37-27(34)29-22(26(32)33)16-18-4-7-20(31)8-5-18)11-15-36-25-23(35-3)9-6-19(24(25)28)17-30(2)14-13-28/h4-10,12,21-23,25,31H,11,13-17H2,1-3H3,(H,29,34)(H,32,33)/b12-10-/t21-,22-,23?,25?,28-/m0/s1. The number of carbonyl (C=O) groups is 2. The number of hydrogen-bond donors (Lipinski definition) is 3. The van der Waals surface area contributed by atoms with Crippen molar-refractivity contribution in [3.05, 3.63) is 65.3 Å². The molecule has 1 aromatic carbocycles. The minimum atomic E-state index is -1.17. The quantitative estimate of drug-likeness (QED) is 0.498. The van der Waals surface area contributed by atoms with Gasteiger partial charge in [0.2, 0.25) is 0 Å². The maximum Gasteiger partial charge on any atom is 0.408 e. The molecular formula is C28H36N2O7. The van der Waals surface area contributed by atoms with Gasteiger partial charge in [-0.25, -0.2) is 9.59 Å². The van der Waals surface area contributed by atoms with Gasteiger partial charge < -0.3 is 34.6 Å². The van der Waals surface area contributed by atoms with Crippen molar-refractivity contribution in [2.45, 2.75) is 50.5 Å². The van der Waals surface area contributed by atoms with Crippen LogP contribution in [0.2, 0.25) is 0 Å². The molecular weight excluding hydrogens is 476 g/mol. The number of rotatable bonds is 6. The zero-order valence-corrected chi connectivity index (χ0v) is 21.6. The van der Waals surface area contributed by atoms with Crippen molar-refractivity contribution in [2.24, 2.45) is 5.41 Å². The second kappa shape index (κ2) is 11.5. The van der Waals surface area contributed by atoms with Gasteiger partial charge >= 0.3 is 12.1 Å². The molecule has 2 heterocycles. The fourth-order valence-corrected chi connectivity index (χ4v) is 5.27. The molecule has 0 saturated carbocycles. The van der Waals surface area contributed by atoms with Gasteiger partial charge in [-0.2, -0.15) is 0 Å². The molecule has 5 atom stereocenters. The fourth-order valence-electron chi connectivity index (χ4n) is 5.27. The number of amides is 1. The highest BCUT2D eigenvalue weighted by Crippen LogP contribution is 2.44. The summed E-state index contributed by atoms with van der Waals surface area (Å²) in [6.45, 7) is 4.25. The monoisotopic (exact) mass is 512 g/mol. The van der Waals surface area contributed by atoms with Crippen molar-refractivity contribution in [2.75, 3.05) is 33.9 Å². The molecule has 1 amide bonds. The molecule has 0 bridgehead atoms. The number of aliphatic carboxylic acids is 1. The van der Waals surface area contributed by atoms with Crippen LogP contribution in [-0.4, -0.2) is 85.4 Å². The van der Waals surface area contributed by atoms with Crippen LogP contribution in [-0.2, 0) is 25.4 Å². The van der Waals surface area contributed by atoms with Crippen molar-refractivity contribution < 1.29 is 34.0 Å². The van der Waals surface area contributed by atoms with Crippen molar-refractivity contribution in [1.82, 2.24) is 10.2 Å². The SMILES string of the molecule is COC1C=CC2=C3C1OCC[C@@H](OC(=O)N[C@@H](Cc1ccc(O)cc1)C(=O)O)/C=C\[C@@]3(C)CCN(C)C2. The van der Waals surface area contributed by atoms with Crippen LogP contribution in [0.5, 0.6) is 5.75 Å². The van der Waals surface area contributed by atoms with Gasteiger partial charge in [-0.3, -0.25) is 0 Å². The zero-order chi connectivity index (χ0) is 26.6. The van der Waals surface area contributed by atoms with Gasteiger partial charge in [-0.15, -0.1) is 0 Å². The van der Waals surface area contributed by atoms with Gasteiger partial charge in [0, 0.05) is 31.9 Å². The molecule has 1 aromatic rings. The van der Waals surface area contributed by atoms with E-state index in [1.807, 2.05) is 12.2 Å². The van der Waals surface area contributed by atoms with E-state index in [2.05, 4.69) is 36.3 Å². The number of carbonyl (C=O) groups excluding carboxylic acids is 1. The number of ether oxygens (including phenoxy) is 3. The fraction of sp³-hybridized carbons (Fsp3) is 0.500. The summed E-state index contributed by atoms with van der Waals surface area (Å²) in [5, 5.41) is 21.5. The molecule has 3 aliphatic rings. The first-order chi connectivity index (χ1) is 17.7. The molecule has 0 aromatic heterocycles. The first-order valence-corrected chi connectivity index (χ1v) is 12.6. The van der Waals surface area contributed by atoms with Crippen LogP contribution in [0.15, 0.2) is 59.7 Å². The third-order valence-corrected chi connectivity index (χ3v) is 7.36. The van der Waals surface area contributed by atoms with Gasteiger partial charge in [0.1, 0.15) is 30.1 Å². The molecule has 2 aliphatic heterocycles. The molecule has 37 heavy (non-hydrogen) atoms. The van der Waals surface area contributed by atoms with Gasteiger partial charge in [0.15, 0.2) is 0 Å². The van der Waals surface area contributed by atoms with Crippen LogP contribution in [0.3, 0.4) is 0 Å². The summed E-state index contributed by atoms with van der Waals surface area (Å²) in [6, 6.07) is 5.01. The van der Waals surface area contributed by atoms with Crippen LogP contribution in [0, 0.1) is 5.41 Å². The van der Waals surface area contributed by atoms with Crippen LogP contribution in [0.25, 0.3) is 0 Å². The second-order valence-corrected chi connectivity index (χ2v) is 10.2. The molecule has 0 radical (unpaired) electrons. The number of nitrogens with one attached hydrogen (secondary N) is 1. The van der Waals surface area contributed by atoms with E-state index in [4.69, 9.17) is 14.2 Å². The Balaban J connectivity index is 1.50. The van der Waals surface area contributed by atoms with Gasteiger partial charge in [-0.05, 0) is 54.9 Å². The van der Waals surface area contributed by atoms with E-state index < -0.39 is 24.2 Å². The molecule has 0 saturated heterocycles. The minimum Gasteiger partial charge on any atom is -0.508 e. The molecule has 200 valence electrons. The summed E-state index contributed by atoms with van der Waals surface area (Å²) in [7, 11) is 3.78. The van der Waals surface area contributed by atoms with Gasteiger partial charge in [0.05, 0.1) is 6.61 Å². The topological polar surface area (TPSA) is 118 Å². The normalized spacial score (nSPS) is 29.6. The molecule has 9 nitrogen and oxygen atoms in total. The second-order valence-electron chi connectivity index (χ2n) is 10.2. The predicted molar refractivity (Wildman–Crippen MR) is 137 cm³/mol. The lowest BCUT2D eigenvalue weighted by atomic mass is 9.72. The Hall–Kier alpha value is -3.14. The number of carboxylic acid groups (broad SMARTS) is 1. The molecule has 0 spiro atoms. The molecule has 1 aliphatic carbocycles. The lowest BCUT2D eigenvalue weighted by molar-refractivity contribution is -0.139. The Bertz CT molecular complexity index is 1080. The number of phenols is 1. The summed E-state index contributed by atoms with van der Waals surface area (Å²) in [6.07, 6.45) is 7.72. The maximum atomic E-state index is 12.7. The van der Waals surface area contributed by atoms with E-state index in [0.29, 0.717) is 18.6 Å². The summed E-state index contributed by atoms with van der Waals surface area (Å²) >= 11 is 0. The summed E-state index contributed by atoms with van der Waals surface area (Å²) in [4.78, 5) is 26.8. The Morgan fingerprint density at radius 3 is 2.73 bits per heavy atom. The van der Waals surface area contributed by atoms with E-state index in [1.54, 1.807) is 19.2 Å². The highest BCUT2D eigenvalue weighted by atomic mass is 16.6. The Morgan fingerprint density at radius 1 is 1.27 bits per heavy atom. The first-order valence-electron chi connectivity index (χ1n) is 12.6. The Labute approximate surface area is 217 Å². The van der Waals surface area contributed by atoms with Crippen LogP contribution >= 0.6 is 0 Å². The van der Waals surface area contributed by atoms with Crippen LogP contribution < -0.4 is 5.32 Å². The van der Waals surface area contributed by atoms with E-state index in [1.165, 1.54) is 23.3 Å². The Kier molecular flexibility index (Phi) is 8.36. The number of likely N-dealkylation sites (N-methyl/N-ethyl adjacent to an activating group) is 1. The number of alkyl carbamates (subject to hydrolysis) is 1. The lowest BCUT2D eigenvalue weighted by Crippen LogP contribution is -2.43. The minimum absolute atomic E-state index is 0.0595. The highest BCUT2D eigenvalue weighted by Gasteiger charge is 2.42. The van der Waals surface area contributed by atoms with Crippen LogP contribution in [0.4, 0.5) is 4.79 Å². The van der Waals surface area contributed by atoms with Crippen molar-refractivity contribution in [3.63, 3.8) is 0 Å². The summed E-state index contributed by atoms with van der Waals surface area (Å²) < 4.78 is 17.8. The number of aromatic hydroxyl groups is 1. The van der Waals surface area contributed by atoms with E-state index in [0.717, 1.165) is 19.5 Å². The number of nitrogens with zero attached hydrogens (tertiary/aromatic N) is 1. The average Bonchev–Trinajstić information content (AvgIpc) is 2.94. The number of phenolic OH excluding ortho intramolecular Hbond substituents is 1. The third-order valence-electron chi connectivity index (χ3n) is 7.36. The van der Waals surface area contributed by atoms with Crippen molar-refractivity contribution >= 4 is 12.1 Å². The maximum absolute atomic E-state index is 12.7. The molecule has 4 rings (SSSR count). The zero-order valence-electron chi connectivity index (χ0n) is 21.6. The molecule has 0 fully saturated rings. The number of hydrogen-bond acceptors (Lipinski definition) is 7. The predicted octanol–water partition coefficient (Wildman–Crippen LogP) is 3.05. The van der Waals surface area contributed by atoms with E-state index >= 15 is 0 Å². The third kappa shape index (κ3) is 6.41. The summed E-state index contributed by atoms with van der Waals surface area (Å²) in [5.41, 5.74) is 2.77. The first kappa shape index (κ1) is 26.9. The summed E-state index contributed by atoms with van der Waals surface area (Å²) in [5.74, 6) is -1.09. The van der Waals surface area contributed by atoms with E-state index in [-0.39, 0.29) is 29.8 Å². The highest BCUT2D eigenvalue weighted by molar-refractivity contribution is 5.80. The number of carboxylic acids is 1. The van der Waals surface area contributed by atoms with Gasteiger partial charge in [0.25, 0.3) is 0 Å². The Morgan fingerprint density at radius 2 is 2.03 bits per heavy atom. The van der Waals surface area contributed by atoms with Crippen LogP contribution in [0.1, 0.15) is 25.3 Å². The number of allylic oxidation sites excluding steroid dienone is 1. The molecule has 9 heteroatoms. The number of methoxy groups -OCH3 is 1. The number of benzene rings is 1. The largest absolute Gasteiger partial charge is 0.508 e. The molecule has 3 N–H and O–H groups in total. The van der Waals surface area contributed by atoms with Gasteiger partial charge in [-0.1, -0.05) is 37.3 Å². The van der Waals surface area contributed by atoms with E-state index in [9.17, 15) is 19.8 Å². The smallest absolute Gasteiger partial charge is 0.408 e. The lowest BCUT2D eigenvalue weighted by Gasteiger charge is -2.38.